The molecule has 0 saturated carbocycles. The molecule has 1 N–H and O–H groups in total. The number of benzene rings is 2. The Hall–Kier alpha value is -2.86. The molecule has 0 aliphatic carbocycles. The third-order valence-electron chi connectivity index (χ3n) is 4.65. The lowest BCUT2D eigenvalue weighted by atomic mass is 10.1. The van der Waals surface area contributed by atoms with Gasteiger partial charge in [0.25, 0.3) is 5.91 Å². The van der Waals surface area contributed by atoms with E-state index in [-0.39, 0.29) is 11.8 Å². The Labute approximate surface area is 166 Å². The van der Waals surface area contributed by atoms with Crippen molar-refractivity contribution < 1.29 is 14.3 Å². The largest absolute Gasteiger partial charge is 0.479 e. The fourth-order valence-corrected chi connectivity index (χ4v) is 3.25. The smallest absolute Gasteiger partial charge is 0.267 e. The number of carbonyl (C=O) groups is 2. The van der Waals surface area contributed by atoms with Gasteiger partial charge in [0.1, 0.15) is 5.75 Å². The highest BCUT2D eigenvalue weighted by Gasteiger charge is 2.31. The molecule has 1 aliphatic heterocycles. The molecule has 1 unspecified atom stereocenters. The van der Waals surface area contributed by atoms with E-state index in [1.807, 2.05) is 62.6 Å². The molecule has 0 radical (unpaired) electrons. The molecular weight excluding hydrogens is 354 g/mol. The summed E-state index contributed by atoms with van der Waals surface area (Å²) in [6.45, 7) is 3.26. The highest BCUT2D eigenvalue weighted by Crippen LogP contribution is 2.36. The molecule has 6 nitrogen and oxygen atoms in total. The third-order valence-corrected chi connectivity index (χ3v) is 4.65. The molecule has 0 saturated heterocycles. The molecule has 2 aromatic carbocycles. The summed E-state index contributed by atoms with van der Waals surface area (Å²) in [5.41, 5.74) is 2.32. The molecule has 0 fully saturated rings. The van der Waals surface area contributed by atoms with E-state index in [0.717, 1.165) is 18.5 Å². The first kappa shape index (κ1) is 19.9. The van der Waals surface area contributed by atoms with Crippen LogP contribution in [-0.2, 0) is 16.0 Å². The van der Waals surface area contributed by atoms with Crippen molar-refractivity contribution in [1.82, 2.24) is 4.90 Å². The summed E-state index contributed by atoms with van der Waals surface area (Å²) in [5.74, 6) is 0.513. The second-order valence-electron chi connectivity index (χ2n) is 7.30. The maximum Gasteiger partial charge on any atom is 0.267 e. The highest BCUT2D eigenvalue weighted by molar-refractivity contribution is 6.01. The number of nitrogens with zero attached hydrogens (tertiary/aromatic N) is 2. The predicted octanol–water partition coefficient (Wildman–Crippen LogP) is 2.93. The van der Waals surface area contributed by atoms with Gasteiger partial charge in [0.05, 0.1) is 12.1 Å². The van der Waals surface area contributed by atoms with Gasteiger partial charge in [-0.05, 0) is 57.7 Å². The van der Waals surface area contributed by atoms with Crippen LogP contribution in [0.15, 0.2) is 48.5 Å². The van der Waals surface area contributed by atoms with Gasteiger partial charge >= 0.3 is 0 Å². The van der Waals surface area contributed by atoms with Gasteiger partial charge < -0.3 is 19.9 Å². The summed E-state index contributed by atoms with van der Waals surface area (Å²) in [6, 6.07) is 15.0. The minimum atomic E-state index is -0.509. The van der Waals surface area contributed by atoms with Gasteiger partial charge in [-0.1, -0.05) is 30.3 Å². The number of fused-ring (bicyclic) bond motifs is 1. The molecule has 1 aliphatic rings. The Morgan fingerprint density at radius 1 is 1.18 bits per heavy atom. The molecule has 0 bridgehead atoms. The maximum absolute atomic E-state index is 12.6. The Balaban J connectivity index is 1.74. The quantitative estimate of drug-likeness (QED) is 0.801. The van der Waals surface area contributed by atoms with Crippen molar-refractivity contribution in [3.8, 4) is 5.75 Å². The van der Waals surface area contributed by atoms with E-state index in [4.69, 9.17) is 4.74 Å². The summed E-state index contributed by atoms with van der Waals surface area (Å²) in [7, 11) is 4.02. The average molecular weight is 381 g/mol. The van der Waals surface area contributed by atoms with Crippen molar-refractivity contribution in [2.45, 2.75) is 25.9 Å². The van der Waals surface area contributed by atoms with Gasteiger partial charge in [-0.15, -0.1) is 0 Å². The lowest BCUT2D eigenvalue weighted by molar-refractivity contribution is -0.125. The summed E-state index contributed by atoms with van der Waals surface area (Å²) in [5, 5.41) is 2.92. The van der Waals surface area contributed by atoms with Crippen LogP contribution >= 0.6 is 0 Å². The number of ether oxygens (including phenoxy) is 1. The molecule has 3 rings (SSSR count). The maximum atomic E-state index is 12.6. The Bertz CT molecular complexity index is 836. The van der Waals surface area contributed by atoms with Gasteiger partial charge in [-0.3, -0.25) is 9.59 Å². The summed E-state index contributed by atoms with van der Waals surface area (Å²) >= 11 is 0. The second kappa shape index (κ2) is 8.89. The van der Waals surface area contributed by atoms with Gasteiger partial charge in [0.15, 0.2) is 6.10 Å². The first-order valence-corrected chi connectivity index (χ1v) is 9.54. The molecule has 0 spiro atoms. The first-order chi connectivity index (χ1) is 13.4. The minimum Gasteiger partial charge on any atom is -0.479 e. The van der Waals surface area contributed by atoms with E-state index in [1.54, 1.807) is 11.8 Å². The first-order valence-electron chi connectivity index (χ1n) is 9.54. The predicted molar refractivity (Wildman–Crippen MR) is 111 cm³/mol. The summed E-state index contributed by atoms with van der Waals surface area (Å²) in [4.78, 5) is 28.9. The van der Waals surface area contributed by atoms with E-state index < -0.39 is 6.10 Å². The zero-order valence-electron chi connectivity index (χ0n) is 16.6. The zero-order valence-corrected chi connectivity index (χ0v) is 16.6. The third kappa shape index (κ3) is 4.89. The van der Waals surface area contributed by atoms with Crippen molar-refractivity contribution in [2.24, 2.45) is 0 Å². The summed E-state index contributed by atoms with van der Waals surface area (Å²) < 4.78 is 5.74. The van der Waals surface area contributed by atoms with Crippen molar-refractivity contribution in [3.05, 3.63) is 54.1 Å². The number of carbonyl (C=O) groups excluding carboxylic acids is 2. The van der Waals surface area contributed by atoms with E-state index >= 15 is 0 Å². The number of hydrogen-bond donors (Lipinski definition) is 1. The second-order valence-corrected chi connectivity index (χ2v) is 7.30. The zero-order chi connectivity index (χ0) is 20.1. The van der Waals surface area contributed by atoms with Crippen LogP contribution in [0.4, 0.5) is 11.4 Å². The van der Waals surface area contributed by atoms with Crippen molar-refractivity contribution in [2.75, 3.05) is 37.4 Å². The average Bonchev–Trinajstić information content (AvgIpc) is 2.66. The van der Waals surface area contributed by atoms with Crippen molar-refractivity contribution in [1.29, 1.82) is 0 Å². The molecular formula is C22H27N3O3. The lowest BCUT2D eigenvalue weighted by Gasteiger charge is -2.33. The monoisotopic (exact) mass is 381 g/mol. The van der Waals surface area contributed by atoms with E-state index in [9.17, 15) is 9.59 Å². The Kier molecular flexibility index (Phi) is 6.31. The fourth-order valence-electron chi connectivity index (χ4n) is 3.25. The number of nitrogens with one attached hydrogen (secondary N) is 1. The Morgan fingerprint density at radius 2 is 1.93 bits per heavy atom. The highest BCUT2D eigenvalue weighted by atomic mass is 16.5. The number of amides is 2. The molecule has 148 valence electrons. The normalized spacial score (nSPS) is 15.9. The van der Waals surface area contributed by atoms with Crippen molar-refractivity contribution in [3.63, 3.8) is 0 Å². The standard InChI is InChI=1S/C22H27N3O3/c1-16-22(27)25(13-7-12-24(2)3)19-15-18(10-11-20(19)28-16)23-21(26)14-17-8-5-4-6-9-17/h4-6,8-11,15-16H,7,12-14H2,1-3H3,(H,23,26). The topological polar surface area (TPSA) is 61.9 Å². The van der Waals surface area contributed by atoms with Gasteiger partial charge in [0.2, 0.25) is 5.91 Å². The summed E-state index contributed by atoms with van der Waals surface area (Å²) in [6.07, 6.45) is 0.650. The van der Waals surface area contributed by atoms with Gasteiger partial charge in [-0.25, -0.2) is 0 Å². The van der Waals surface area contributed by atoms with Crippen LogP contribution in [0.3, 0.4) is 0 Å². The van der Waals surface area contributed by atoms with Crippen LogP contribution in [0.2, 0.25) is 0 Å². The molecule has 0 aromatic heterocycles. The van der Waals surface area contributed by atoms with E-state index in [0.29, 0.717) is 30.1 Å². The number of hydrogen-bond acceptors (Lipinski definition) is 4. The van der Waals surface area contributed by atoms with Gasteiger partial charge in [0, 0.05) is 12.2 Å². The van der Waals surface area contributed by atoms with Crippen LogP contribution in [0.5, 0.6) is 5.75 Å². The SMILES string of the molecule is CC1Oc2ccc(NC(=O)Cc3ccccc3)cc2N(CCCN(C)C)C1=O. The van der Waals surface area contributed by atoms with Crippen LogP contribution in [-0.4, -0.2) is 50.0 Å². The minimum absolute atomic E-state index is 0.0565. The molecule has 2 amide bonds. The molecule has 1 heterocycles. The van der Waals surface area contributed by atoms with Crippen LogP contribution in [0, 0.1) is 0 Å². The van der Waals surface area contributed by atoms with Crippen LogP contribution < -0.4 is 15.0 Å². The molecule has 6 heteroatoms. The lowest BCUT2D eigenvalue weighted by Crippen LogP contribution is -2.45. The number of rotatable bonds is 7. The Morgan fingerprint density at radius 3 is 2.64 bits per heavy atom. The number of anilines is 2. The van der Waals surface area contributed by atoms with Crippen molar-refractivity contribution >= 4 is 23.2 Å². The molecule has 2 aromatic rings. The van der Waals surface area contributed by atoms with Gasteiger partial charge in [-0.2, -0.15) is 0 Å². The molecule has 28 heavy (non-hydrogen) atoms. The fraction of sp³-hybridized carbons (Fsp3) is 0.364. The van der Waals surface area contributed by atoms with E-state index in [2.05, 4.69) is 10.2 Å². The van der Waals surface area contributed by atoms with Crippen LogP contribution in [0.1, 0.15) is 18.9 Å². The van der Waals surface area contributed by atoms with Crippen LogP contribution in [0.25, 0.3) is 0 Å². The molecule has 1 atom stereocenters. The van der Waals surface area contributed by atoms with E-state index in [1.165, 1.54) is 0 Å².